The second-order valence-corrected chi connectivity index (χ2v) is 19.5. The van der Waals surface area contributed by atoms with Gasteiger partial charge in [-0.15, -0.1) is 0 Å². The minimum absolute atomic E-state index is 0.348. The number of rotatable bonds is 8. The van der Waals surface area contributed by atoms with Gasteiger partial charge in [-0.25, -0.2) is 0 Å². The van der Waals surface area contributed by atoms with E-state index >= 15 is 0 Å². The molecular weight excluding hydrogens is 771 g/mol. The average Bonchev–Trinajstić information content (AvgIpc) is 3.65. The van der Waals surface area contributed by atoms with Crippen molar-refractivity contribution < 1.29 is 0 Å². The number of hydrogen-bond donors (Lipinski definition) is 0. The van der Waals surface area contributed by atoms with E-state index in [0.29, 0.717) is 5.41 Å². The second-order valence-electron chi connectivity index (χ2n) is 19.5. The number of benzene rings is 9. The average molecular weight is 822 g/mol. The van der Waals surface area contributed by atoms with Crippen LogP contribution in [0.4, 0.5) is 17.1 Å². The van der Waals surface area contributed by atoms with Crippen LogP contribution < -0.4 is 4.90 Å². The third-order valence-corrected chi connectivity index (χ3v) is 15.9. The van der Waals surface area contributed by atoms with Crippen molar-refractivity contribution in [1.82, 2.24) is 0 Å². The van der Waals surface area contributed by atoms with Crippen molar-refractivity contribution in [1.29, 1.82) is 0 Å². The van der Waals surface area contributed by atoms with Crippen molar-refractivity contribution >= 4 is 27.8 Å². The molecule has 4 saturated carbocycles. The lowest BCUT2D eigenvalue weighted by atomic mass is 9.48. The molecule has 0 atom stereocenters. The fraction of sp³-hybridized carbons (Fsp3) is 0.175. The van der Waals surface area contributed by atoms with Crippen molar-refractivity contribution in [3.05, 3.63) is 246 Å². The predicted octanol–water partition coefficient (Wildman–Crippen LogP) is 16.5. The van der Waals surface area contributed by atoms with E-state index in [1.54, 1.807) is 5.56 Å². The topological polar surface area (TPSA) is 3.24 Å². The number of anilines is 3. The molecule has 0 radical (unpaired) electrons. The fourth-order valence-corrected chi connectivity index (χ4v) is 13.7. The molecule has 4 bridgehead atoms. The Kier molecular flexibility index (Phi) is 8.70. The van der Waals surface area contributed by atoms with Crippen LogP contribution in [0, 0.1) is 17.8 Å². The minimum Gasteiger partial charge on any atom is -0.310 e. The first kappa shape index (κ1) is 37.6. The van der Waals surface area contributed by atoms with Gasteiger partial charge in [0.2, 0.25) is 0 Å². The molecule has 0 unspecified atom stereocenters. The van der Waals surface area contributed by atoms with Gasteiger partial charge < -0.3 is 4.90 Å². The van der Waals surface area contributed by atoms with Crippen molar-refractivity contribution in [3.63, 3.8) is 0 Å². The lowest BCUT2D eigenvalue weighted by molar-refractivity contribution is -0.00518. The lowest BCUT2D eigenvalue weighted by Crippen LogP contribution is -2.48. The molecule has 5 aliphatic rings. The molecule has 4 fully saturated rings. The Hall–Kier alpha value is -6.96. The van der Waals surface area contributed by atoms with E-state index in [1.807, 2.05) is 0 Å². The molecule has 9 aromatic carbocycles. The molecule has 1 nitrogen and oxygen atoms in total. The molecule has 0 amide bonds. The molecule has 0 aliphatic heterocycles. The van der Waals surface area contributed by atoms with Crippen LogP contribution in [0.3, 0.4) is 0 Å². The van der Waals surface area contributed by atoms with E-state index < -0.39 is 5.41 Å². The summed E-state index contributed by atoms with van der Waals surface area (Å²) in [5, 5.41) is 2.54. The zero-order valence-corrected chi connectivity index (χ0v) is 36.2. The summed E-state index contributed by atoms with van der Waals surface area (Å²) in [4.78, 5) is 2.51. The standard InChI is InChI=1S/C63H51N/c1-4-14-46(15-5-1)55-23-12-16-48-17-13-24-56(61(48)55)47-26-30-52(31-27-47)64(53-32-28-49(29-33-53)62-40-43-36-44(41-62)38-45(37-43)42-62)54-34-35-58-57-22-10-11-25-59(57)63(60(58)39-54,50-18-6-2-7-19-50)51-20-8-3-9-21-51/h1-35,39,43-45H,36-38,40-42H2. The molecular formula is C63H51N. The van der Waals surface area contributed by atoms with Gasteiger partial charge in [0.25, 0.3) is 0 Å². The van der Waals surface area contributed by atoms with E-state index in [9.17, 15) is 0 Å². The number of hydrogen-bond acceptors (Lipinski definition) is 1. The Balaban J connectivity index is 0.980. The summed E-state index contributed by atoms with van der Waals surface area (Å²) in [6, 6.07) is 82.2. The van der Waals surface area contributed by atoms with E-state index in [0.717, 1.165) is 29.1 Å². The quantitative estimate of drug-likeness (QED) is 0.148. The molecule has 64 heavy (non-hydrogen) atoms. The van der Waals surface area contributed by atoms with Gasteiger partial charge in [-0.2, -0.15) is 0 Å². The molecule has 0 saturated heterocycles. The molecule has 1 heteroatoms. The summed E-state index contributed by atoms with van der Waals surface area (Å²) in [5.41, 5.74) is 17.7. The van der Waals surface area contributed by atoms with Gasteiger partial charge in [-0.3, -0.25) is 0 Å². The maximum atomic E-state index is 2.51. The van der Waals surface area contributed by atoms with Crippen molar-refractivity contribution in [2.45, 2.75) is 49.4 Å². The summed E-state index contributed by atoms with van der Waals surface area (Å²) in [6.07, 6.45) is 8.50. The minimum atomic E-state index is -0.479. The Morgan fingerprint density at radius 2 is 0.812 bits per heavy atom. The van der Waals surface area contributed by atoms with Crippen LogP contribution in [0.1, 0.15) is 66.3 Å². The van der Waals surface area contributed by atoms with Crippen LogP contribution in [0.15, 0.2) is 218 Å². The van der Waals surface area contributed by atoms with Gasteiger partial charge in [-0.1, -0.05) is 182 Å². The summed E-state index contributed by atoms with van der Waals surface area (Å²) >= 11 is 0. The normalized spacial score (nSPS) is 21.1. The summed E-state index contributed by atoms with van der Waals surface area (Å²) < 4.78 is 0. The van der Waals surface area contributed by atoms with Crippen LogP contribution in [-0.4, -0.2) is 0 Å². The fourth-order valence-electron chi connectivity index (χ4n) is 13.7. The highest BCUT2D eigenvalue weighted by molar-refractivity contribution is 6.06. The molecule has 9 aromatic rings. The molecule has 0 aromatic heterocycles. The van der Waals surface area contributed by atoms with Gasteiger partial charge in [-0.05, 0) is 170 Å². The predicted molar refractivity (Wildman–Crippen MR) is 267 cm³/mol. The molecule has 0 heterocycles. The van der Waals surface area contributed by atoms with Crippen molar-refractivity contribution in [2.24, 2.45) is 17.8 Å². The van der Waals surface area contributed by atoms with E-state index in [-0.39, 0.29) is 0 Å². The highest BCUT2D eigenvalue weighted by Crippen LogP contribution is 2.61. The summed E-state index contributed by atoms with van der Waals surface area (Å²) in [5.74, 6) is 2.74. The summed E-state index contributed by atoms with van der Waals surface area (Å²) in [7, 11) is 0. The van der Waals surface area contributed by atoms with Crippen LogP contribution in [-0.2, 0) is 10.8 Å². The van der Waals surface area contributed by atoms with Gasteiger partial charge in [0, 0.05) is 17.1 Å². The lowest BCUT2D eigenvalue weighted by Gasteiger charge is -2.57. The maximum Gasteiger partial charge on any atom is 0.0714 e. The van der Waals surface area contributed by atoms with Crippen molar-refractivity contribution in [2.75, 3.05) is 4.90 Å². The second kappa shape index (κ2) is 14.8. The smallest absolute Gasteiger partial charge is 0.0714 e. The highest BCUT2D eigenvalue weighted by Gasteiger charge is 2.51. The zero-order valence-electron chi connectivity index (χ0n) is 36.2. The Morgan fingerprint density at radius 3 is 1.41 bits per heavy atom. The monoisotopic (exact) mass is 821 g/mol. The molecule has 0 spiro atoms. The SMILES string of the molecule is c1ccc(-c2cccc3cccc(-c4ccc(N(c5ccc(C67CC8CC(CC(C8)C6)C7)cc5)c5ccc6c(c5)C(c5ccccc5)(c5ccccc5)c5ccccc5-6)cc4)c23)cc1. The molecule has 14 rings (SSSR count). The Bertz CT molecular complexity index is 3080. The first-order valence-electron chi connectivity index (χ1n) is 23.6. The third kappa shape index (κ3) is 5.83. The van der Waals surface area contributed by atoms with E-state index in [4.69, 9.17) is 0 Å². The van der Waals surface area contributed by atoms with E-state index in [2.05, 4.69) is 223 Å². The van der Waals surface area contributed by atoms with Gasteiger partial charge in [0.1, 0.15) is 0 Å². The Morgan fingerprint density at radius 1 is 0.344 bits per heavy atom. The molecule has 0 N–H and O–H groups in total. The van der Waals surface area contributed by atoms with Crippen molar-refractivity contribution in [3.8, 4) is 33.4 Å². The maximum absolute atomic E-state index is 2.51. The number of nitrogens with zero attached hydrogens (tertiary/aromatic N) is 1. The largest absolute Gasteiger partial charge is 0.310 e. The van der Waals surface area contributed by atoms with Gasteiger partial charge in [0.05, 0.1) is 5.41 Å². The van der Waals surface area contributed by atoms with Crippen LogP contribution in [0.2, 0.25) is 0 Å². The Labute approximate surface area is 377 Å². The van der Waals surface area contributed by atoms with Gasteiger partial charge in [0.15, 0.2) is 0 Å². The van der Waals surface area contributed by atoms with Crippen LogP contribution >= 0.6 is 0 Å². The first-order chi connectivity index (χ1) is 31.6. The van der Waals surface area contributed by atoms with Gasteiger partial charge >= 0.3 is 0 Å². The molecule has 308 valence electrons. The molecule has 5 aliphatic carbocycles. The number of fused-ring (bicyclic) bond motifs is 4. The highest BCUT2D eigenvalue weighted by atomic mass is 15.1. The van der Waals surface area contributed by atoms with Crippen LogP contribution in [0.25, 0.3) is 44.2 Å². The first-order valence-corrected chi connectivity index (χ1v) is 23.6. The zero-order chi connectivity index (χ0) is 42.2. The summed E-state index contributed by atoms with van der Waals surface area (Å²) in [6.45, 7) is 0. The van der Waals surface area contributed by atoms with Crippen LogP contribution in [0.5, 0.6) is 0 Å². The third-order valence-electron chi connectivity index (χ3n) is 15.9. The van der Waals surface area contributed by atoms with E-state index in [1.165, 1.54) is 111 Å².